The molecule has 168 valence electrons. The first-order valence-electron chi connectivity index (χ1n) is 10.6. The zero-order chi connectivity index (χ0) is 22.8. The number of ether oxygens (including phenoxy) is 4. The van der Waals surface area contributed by atoms with Crippen molar-refractivity contribution in [1.29, 1.82) is 0 Å². The van der Waals surface area contributed by atoms with Crippen LogP contribution in [0.1, 0.15) is 24.0 Å². The number of piperidine rings is 1. The number of likely N-dealkylation sites (N-methyl/N-ethyl adjacent to an activating group) is 1. The smallest absolute Gasteiger partial charge is 0.188 e. The molecule has 2 fully saturated rings. The van der Waals surface area contributed by atoms with Crippen molar-refractivity contribution in [2.45, 2.75) is 24.9 Å². The van der Waals surface area contributed by atoms with Gasteiger partial charge in [-0.05, 0) is 68.4 Å². The van der Waals surface area contributed by atoms with E-state index in [9.17, 15) is 4.79 Å². The number of benzene rings is 2. The molecule has 2 aromatic carbocycles. The minimum Gasteiger partial charge on any atom is -0.497 e. The Balaban J connectivity index is 1.82. The fourth-order valence-corrected chi connectivity index (χ4v) is 4.72. The lowest BCUT2D eigenvalue weighted by Crippen LogP contribution is -2.43. The first-order chi connectivity index (χ1) is 15.5. The highest BCUT2D eigenvalue weighted by Gasteiger charge is 2.44. The zero-order valence-electron chi connectivity index (χ0n) is 19.2. The molecule has 2 aromatic rings. The van der Waals surface area contributed by atoms with E-state index in [-0.39, 0.29) is 17.9 Å². The Labute approximate surface area is 189 Å². The van der Waals surface area contributed by atoms with E-state index in [2.05, 4.69) is 11.9 Å². The van der Waals surface area contributed by atoms with Crippen molar-refractivity contribution >= 4 is 17.9 Å². The molecule has 2 atom stereocenters. The van der Waals surface area contributed by atoms with Gasteiger partial charge in [-0.25, -0.2) is 0 Å². The van der Waals surface area contributed by atoms with Crippen LogP contribution in [-0.2, 0) is 4.79 Å². The van der Waals surface area contributed by atoms with Crippen molar-refractivity contribution in [3.63, 3.8) is 0 Å². The van der Waals surface area contributed by atoms with Crippen LogP contribution in [0, 0.1) is 0 Å². The lowest BCUT2D eigenvalue weighted by Gasteiger charge is -2.34. The van der Waals surface area contributed by atoms with Crippen molar-refractivity contribution in [1.82, 2.24) is 4.90 Å². The third-order valence-corrected chi connectivity index (χ3v) is 6.43. The number of methoxy groups -OCH3 is 4. The molecule has 0 aromatic heterocycles. The van der Waals surface area contributed by atoms with Crippen LogP contribution in [0.2, 0.25) is 0 Å². The average molecular weight is 436 g/mol. The molecule has 6 heteroatoms. The molecule has 2 unspecified atom stereocenters. The normalized spacial score (nSPS) is 23.0. The summed E-state index contributed by atoms with van der Waals surface area (Å²) in [6.45, 7) is 0. The Morgan fingerprint density at radius 3 is 1.56 bits per heavy atom. The maximum atomic E-state index is 13.7. The van der Waals surface area contributed by atoms with Gasteiger partial charge in [0, 0.05) is 34.4 Å². The third kappa shape index (κ3) is 3.86. The summed E-state index contributed by atoms with van der Waals surface area (Å²) in [5.41, 5.74) is 3.18. The summed E-state index contributed by atoms with van der Waals surface area (Å²) >= 11 is 0. The van der Waals surface area contributed by atoms with Gasteiger partial charge in [0.1, 0.15) is 23.0 Å². The van der Waals surface area contributed by atoms with Crippen LogP contribution in [-0.4, -0.2) is 58.3 Å². The lowest BCUT2D eigenvalue weighted by atomic mass is 9.88. The lowest BCUT2D eigenvalue weighted by molar-refractivity contribution is -0.114. The Kier molecular flexibility index (Phi) is 6.24. The van der Waals surface area contributed by atoms with Gasteiger partial charge in [-0.3, -0.25) is 9.69 Å². The van der Waals surface area contributed by atoms with Crippen LogP contribution < -0.4 is 18.9 Å². The van der Waals surface area contributed by atoms with Gasteiger partial charge in [-0.15, -0.1) is 0 Å². The highest BCUT2D eigenvalue weighted by molar-refractivity contribution is 6.16. The van der Waals surface area contributed by atoms with Crippen LogP contribution in [0.5, 0.6) is 23.0 Å². The number of nitrogens with zero attached hydrogens (tertiary/aromatic N) is 1. The molecule has 2 aliphatic rings. The van der Waals surface area contributed by atoms with Crippen LogP contribution in [0.3, 0.4) is 0 Å². The Hall–Kier alpha value is -3.25. The molecule has 0 saturated carbocycles. The van der Waals surface area contributed by atoms with Crippen LogP contribution >= 0.6 is 0 Å². The van der Waals surface area contributed by atoms with Crippen LogP contribution in [0.15, 0.2) is 47.5 Å². The monoisotopic (exact) mass is 435 g/mol. The summed E-state index contributed by atoms with van der Waals surface area (Å²) in [7, 11) is 8.60. The second kappa shape index (κ2) is 9.09. The fourth-order valence-electron chi connectivity index (χ4n) is 4.72. The van der Waals surface area contributed by atoms with Crippen molar-refractivity contribution < 1.29 is 23.7 Å². The number of hydrogen-bond acceptors (Lipinski definition) is 6. The molecule has 0 amide bonds. The third-order valence-electron chi connectivity index (χ3n) is 6.43. The number of ketones is 1. The van der Waals surface area contributed by atoms with E-state index in [4.69, 9.17) is 18.9 Å². The number of fused-ring (bicyclic) bond motifs is 2. The van der Waals surface area contributed by atoms with Gasteiger partial charge < -0.3 is 18.9 Å². The molecule has 0 radical (unpaired) electrons. The maximum absolute atomic E-state index is 13.7. The van der Waals surface area contributed by atoms with Crippen molar-refractivity contribution in [3.05, 3.63) is 58.7 Å². The molecule has 2 saturated heterocycles. The van der Waals surface area contributed by atoms with Gasteiger partial charge in [0.2, 0.25) is 0 Å². The number of Topliss-reactive ketones (excluding diaryl/α,β-unsaturated/α-hetero) is 1. The molecule has 0 aliphatic carbocycles. The summed E-state index contributed by atoms with van der Waals surface area (Å²) in [5.74, 6) is 2.90. The second-order valence-corrected chi connectivity index (χ2v) is 8.02. The van der Waals surface area contributed by atoms with E-state index in [0.29, 0.717) is 11.5 Å². The molecule has 0 N–H and O–H groups in total. The van der Waals surface area contributed by atoms with Gasteiger partial charge in [0.15, 0.2) is 5.78 Å². The van der Waals surface area contributed by atoms with E-state index in [1.807, 2.05) is 48.6 Å². The summed E-state index contributed by atoms with van der Waals surface area (Å²) < 4.78 is 21.8. The van der Waals surface area contributed by atoms with Crippen LogP contribution in [0.4, 0.5) is 0 Å². The minimum atomic E-state index is 0.0605. The standard InChI is InChI=1S/C26H29NO5/c1-27-22-8-9-23(27)21(15-17-13-19(30-3)7-11-25(17)32-5)26(28)20(22)14-16-12-18(29-2)6-10-24(16)31-4/h6-7,10-15,22-23H,8-9H2,1-5H3. The van der Waals surface area contributed by atoms with Gasteiger partial charge in [-0.2, -0.15) is 0 Å². The zero-order valence-corrected chi connectivity index (χ0v) is 19.2. The Morgan fingerprint density at radius 2 is 1.19 bits per heavy atom. The number of rotatable bonds is 6. The number of hydrogen-bond donors (Lipinski definition) is 0. The Morgan fingerprint density at radius 1 is 0.750 bits per heavy atom. The van der Waals surface area contributed by atoms with Gasteiger partial charge in [-0.1, -0.05) is 0 Å². The van der Waals surface area contributed by atoms with E-state index in [1.165, 1.54) is 0 Å². The largest absolute Gasteiger partial charge is 0.497 e. The summed E-state index contributed by atoms with van der Waals surface area (Å²) in [4.78, 5) is 16.0. The predicted molar refractivity (Wildman–Crippen MR) is 125 cm³/mol. The van der Waals surface area contributed by atoms with Gasteiger partial charge in [0.25, 0.3) is 0 Å². The van der Waals surface area contributed by atoms with Crippen molar-refractivity contribution in [2.75, 3.05) is 35.5 Å². The molecule has 4 rings (SSSR count). The SMILES string of the molecule is COc1ccc(OC)c(C=C2C(=O)C(=Cc3cc(OC)ccc3OC)C3CCC2N3C)c1. The summed E-state index contributed by atoms with van der Waals surface area (Å²) in [6, 6.07) is 11.4. The van der Waals surface area contributed by atoms with E-state index >= 15 is 0 Å². The molecule has 2 aliphatic heterocycles. The molecule has 0 spiro atoms. The minimum absolute atomic E-state index is 0.0605. The highest BCUT2D eigenvalue weighted by atomic mass is 16.5. The molecule has 2 heterocycles. The average Bonchev–Trinajstić information content (AvgIpc) is 3.13. The van der Waals surface area contributed by atoms with E-state index in [0.717, 1.165) is 46.6 Å². The summed E-state index contributed by atoms with van der Waals surface area (Å²) in [5, 5.41) is 0. The molecule has 32 heavy (non-hydrogen) atoms. The van der Waals surface area contributed by atoms with Crippen molar-refractivity contribution in [2.24, 2.45) is 0 Å². The highest BCUT2D eigenvalue weighted by Crippen LogP contribution is 2.42. The van der Waals surface area contributed by atoms with Gasteiger partial charge >= 0.3 is 0 Å². The predicted octanol–water partition coefficient (Wildman–Crippen LogP) is 4.23. The van der Waals surface area contributed by atoms with Crippen molar-refractivity contribution in [3.8, 4) is 23.0 Å². The fraction of sp³-hybridized carbons (Fsp3) is 0.346. The van der Waals surface area contributed by atoms with Crippen LogP contribution in [0.25, 0.3) is 12.2 Å². The second-order valence-electron chi connectivity index (χ2n) is 8.02. The number of carbonyl (C=O) groups excluding carboxylic acids is 1. The Bertz CT molecular complexity index is 1000. The number of carbonyl (C=O) groups is 1. The molecule has 2 bridgehead atoms. The van der Waals surface area contributed by atoms with Gasteiger partial charge in [0.05, 0.1) is 28.4 Å². The van der Waals surface area contributed by atoms with E-state index in [1.54, 1.807) is 28.4 Å². The molecular weight excluding hydrogens is 406 g/mol. The topological polar surface area (TPSA) is 57.2 Å². The summed E-state index contributed by atoms with van der Waals surface area (Å²) in [6.07, 6.45) is 5.75. The first kappa shape index (κ1) is 22.0. The van der Waals surface area contributed by atoms with E-state index < -0.39 is 0 Å². The molecule has 6 nitrogen and oxygen atoms in total. The molecular formula is C26H29NO5. The maximum Gasteiger partial charge on any atom is 0.188 e. The quantitative estimate of drug-likeness (QED) is 0.633. The first-order valence-corrected chi connectivity index (χ1v) is 10.6.